The summed E-state index contributed by atoms with van der Waals surface area (Å²) in [6.45, 7) is 1.94. The number of carbonyl (C=O) groups is 4. The van der Waals surface area contributed by atoms with Gasteiger partial charge in [-0.3, -0.25) is 14.4 Å². The molecule has 1 N–H and O–H groups in total. The quantitative estimate of drug-likeness (QED) is 0.416. The Hall–Kier alpha value is -2.70. The maximum atomic E-state index is 11.7. The molecule has 0 aliphatic heterocycles. The Kier molecular flexibility index (Phi) is 8.06. The highest BCUT2D eigenvalue weighted by molar-refractivity contribution is 5.92. The lowest BCUT2D eigenvalue weighted by Gasteiger charge is -2.06. The van der Waals surface area contributed by atoms with E-state index in [9.17, 15) is 19.2 Å². The van der Waals surface area contributed by atoms with Gasteiger partial charge < -0.3 is 14.8 Å². The second-order valence-corrected chi connectivity index (χ2v) is 4.57. The Labute approximate surface area is 134 Å². The van der Waals surface area contributed by atoms with Gasteiger partial charge in [0.1, 0.15) is 6.29 Å². The van der Waals surface area contributed by atoms with E-state index in [0.717, 1.165) is 0 Å². The van der Waals surface area contributed by atoms with Gasteiger partial charge in [-0.25, -0.2) is 4.79 Å². The fourth-order valence-electron chi connectivity index (χ4n) is 1.66. The predicted molar refractivity (Wildman–Crippen MR) is 81.0 cm³/mol. The molecule has 0 atom stereocenters. The van der Waals surface area contributed by atoms with Crippen LogP contribution >= 0.6 is 0 Å². The smallest absolute Gasteiger partial charge is 0.338 e. The molecule has 1 aromatic carbocycles. The number of benzene rings is 1. The summed E-state index contributed by atoms with van der Waals surface area (Å²) in [6.07, 6.45) is 1.33. The van der Waals surface area contributed by atoms with Gasteiger partial charge in [0.05, 0.1) is 12.2 Å². The highest BCUT2D eigenvalue weighted by Crippen LogP contribution is 2.04. The third kappa shape index (κ3) is 7.21. The third-order valence-corrected chi connectivity index (χ3v) is 2.80. The summed E-state index contributed by atoms with van der Waals surface area (Å²) >= 11 is 0. The van der Waals surface area contributed by atoms with Gasteiger partial charge in [0.2, 0.25) is 0 Å². The van der Waals surface area contributed by atoms with Crippen LogP contribution in [0.15, 0.2) is 24.3 Å². The molecule has 0 aromatic heterocycles. The highest BCUT2D eigenvalue weighted by Gasteiger charge is 2.10. The van der Waals surface area contributed by atoms with Gasteiger partial charge >= 0.3 is 11.9 Å². The molecule has 0 aliphatic carbocycles. The highest BCUT2D eigenvalue weighted by atomic mass is 16.5. The van der Waals surface area contributed by atoms with Crippen LogP contribution in [0.1, 0.15) is 40.5 Å². The van der Waals surface area contributed by atoms with Crippen molar-refractivity contribution in [3.63, 3.8) is 0 Å². The minimum absolute atomic E-state index is 0.219. The molecule has 0 heterocycles. The van der Waals surface area contributed by atoms with Gasteiger partial charge in [-0.05, 0) is 25.5 Å². The maximum absolute atomic E-state index is 11.7. The van der Waals surface area contributed by atoms with Crippen LogP contribution < -0.4 is 5.32 Å². The van der Waals surface area contributed by atoms with Gasteiger partial charge in [0.25, 0.3) is 5.91 Å². The lowest BCUT2D eigenvalue weighted by molar-refractivity contribution is -0.143. The van der Waals surface area contributed by atoms with Crippen molar-refractivity contribution in [3.05, 3.63) is 35.4 Å². The van der Waals surface area contributed by atoms with Crippen molar-refractivity contribution < 1.29 is 28.7 Å². The molecule has 0 fully saturated rings. The zero-order valence-electron chi connectivity index (χ0n) is 12.9. The molecular formula is C16H19NO6. The molecule has 0 unspecified atom stereocenters. The second-order valence-electron chi connectivity index (χ2n) is 4.57. The molecule has 1 amide bonds. The monoisotopic (exact) mass is 321 g/mol. The number of hydrogen-bond acceptors (Lipinski definition) is 6. The average molecular weight is 321 g/mol. The number of nitrogens with one attached hydrogen (secondary N) is 1. The summed E-state index contributed by atoms with van der Waals surface area (Å²) in [5.74, 6) is -1.41. The maximum Gasteiger partial charge on any atom is 0.338 e. The van der Waals surface area contributed by atoms with Crippen molar-refractivity contribution in [2.75, 3.05) is 19.8 Å². The lowest BCUT2D eigenvalue weighted by Crippen LogP contribution is -2.30. The van der Waals surface area contributed by atoms with Crippen molar-refractivity contribution in [2.45, 2.75) is 19.8 Å². The van der Waals surface area contributed by atoms with Gasteiger partial charge in [-0.1, -0.05) is 12.1 Å². The molecule has 23 heavy (non-hydrogen) atoms. The predicted octanol–water partition coefficient (Wildman–Crippen LogP) is 1.12. The SMILES string of the molecule is CCOC(=O)CCCNC(=O)COC(=O)c1ccc(C=O)cc1. The Bertz CT molecular complexity index is 552. The van der Waals surface area contributed by atoms with Crippen LogP contribution in [0.5, 0.6) is 0 Å². The van der Waals surface area contributed by atoms with Gasteiger partial charge in [-0.15, -0.1) is 0 Å². The minimum atomic E-state index is -0.649. The zero-order chi connectivity index (χ0) is 17.1. The van der Waals surface area contributed by atoms with E-state index in [1.807, 2.05) is 0 Å². The van der Waals surface area contributed by atoms with Gasteiger partial charge in [0, 0.05) is 18.5 Å². The Morgan fingerprint density at radius 2 is 1.83 bits per heavy atom. The lowest BCUT2D eigenvalue weighted by atomic mass is 10.1. The van der Waals surface area contributed by atoms with E-state index in [1.54, 1.807) is 6.92 Å². The molecule has 0 saturated heterocycles. The van der Waals surface area contributed by atoms with E-state index in [-0.39, 0.29) is 18.0 Å². The first-order valence-electron chi connectivity index (χ1n) is 7.21. The molecule has 1 rings (SSSR count). The van der Waals surface area contributed by atoms with Crippen LogP contribution in [0, 0.1) is 0 Å². The molecule has 7 nitrogen and oxygen atoms in total. The van der Waals surface area contributed by atoms with Crippen LogP contribution in [0.25, 0.3) is 0 Å². The van der Waals surface area contributed by atoms with Crippen LogP contribution in [0.3, 0.4) is 0 Å². The first-order chi connectivity index (χ1) is 11.1. The Morgan fingerprint density at radius 1 is 1.13 bits per heavy atom. The largest absolute Gasteiger partial charge is 0.466 e. The molecule has 0 saturated carbocycles. The molecule has 1 aromatic rings. The standard InChI is InChI=1S/C16H19NO6/c1-2-22-15(20)4-3-9-17-14(19)11-23-16(21)13-7-5-12(10-18)6-8-13/h5-8,10H,2-4,9,11H2,1H3,(H,17,19). The van der Waals surface area contributed by atoms with Crippen LogP contribution in [-0.4, -0.2) is 43.9 Å². The minimum Gasteiger partial charge on any atom is -0.466 e. The van der Waals surface area contributed by atoms with Crippen molar-refractivity contribution in [2.24, 2.45) is 0 Å². The Morgan fingerprint density at radius 3 is 2.43 bits per heavy atom. The summed E-state index contributed by atoms with van der Waals surface area (Å²) in [5.41, 5.74) is 0.701. The first kappa shape index (κ1) is 18.3. The summed E-state index contributed by atoms with van der Waals surface area (Å²) < 4.78 is 9.60. The van der Waals surface area contributed by atoms with Crippen molar-refractivity contribution in [3.8, 4) is 0 Å². The number of hydrogen-bond donors (Lipinski definition) is 1. The number of esters is 2. The molecule has 124 valence electrons. The summed E-state index contributed by atoms with van der Waals surface area (Å²) in [5, 5.41) is 2.53. The third-order valence-electron chi connectivity index (χ3n) is 2.80. The number of ether oxygens (including phenoxy) is 2. The van der Waals surface area contributed by atoms with Gasteiger partial charge in [-0.2, -0.15) is 0 Å². The molecule has 0 aliphatic rings. The van der Waals surface area contributed by atoms with E-state index in [1.165, 1.54) is 24.3 Å². The normalized spacial score (nSPS) is 9.78. The van der Waals surface area contributed by atoms with E-state index >= 15 is 0 Å². The van der Waals surface area contributed by atoms with E-state index in [0.29, 0.717) is 31.4 Å². The molecular weight excluding hydrogens is 302 g/mol. The Balaban J connectivity index is 2.23. The summed E-state index contributed by atoms with van der Waals surface area (Å²) in [7, 11) is 0. The van der Waals surface area contributed by atoms with E-state index in [4.69, 9.17) is 9.47 Å². The van der Waals surface area contributed by atoms with E-state index in [2.05, 4.69) is 5.32 Å². The number of rotatable bonds is 9. The summed E-state index contributed by atoms with van der Waals surface area (Å²) in [4.78, 5) is 44.8. The molecule has 0 spiro atoms. The van der Waals surface area contributed by atoms with Crippen LogP contribution in [0.2, 0.25) is 0 Å². The number of aldehydes is 1. The fraction of sp³-hybridized carbons (Fsp3) is 0.375. The van der Waals surface area contributed by atoms with Crippen molar-refractivity contribution in [1.29, 1.82) is 0 Å². The zero-order valence-corrected chi connectivity index (χ0v) is 12.9. The van der Waals surface area contributed by atoms with Crippen molar-refractivity contribution >= 4 is 24.1 Å². The van der Waals surface area contributed by atoms with E-state index < -0.39 is 18.5 Å². The van der Waals surface area contributed by atoms with Crippen molar-refractivity contribution in [1.82, 2.24) is 5.32 Å². The van der Waals surface area contributed by atoms with Crippen LogP contribution in [0.4, 0.5) is 0 Å². The number of carbonyl (C=O) groups excluding carboxylic acids is 4. The second kappa shape index (κ2) is 10.1. The van der Waals surface area contributed by atoms with Crippen LogP contribution in [-0.2, 0) is 19.1 Å². The molecule has 7 heteroatoms. The fourth-order valence-corrected chi connectivity index (χ4v) is 1.66. The first-order valence-corrected chi connectivity index (χ1v) is 7.21. The number of amides is 1. The average Bonchev–Trinajstić information content (AvgIpc) is 2.57. The van der Waals surface area contributed by atoms with Gasteiger partial charge in [0.15, 0.2) is 6.61 Å². The summed E-state index contributed by atoms with van der Waals surface area (Å²) in [6, 6.07) is 5.87. The molecule has 0 bridgehead atoms. The molecule has 0 radical (unpaired) electrons. The topological polar surface area (TPSA) is 98.8 Å².